The lowest BCUT2D eigenvalue weighted by Crippen LogP contribution is -2.24. The van der Waals surface area contributed by atoms with Crippen molar-refractivity contribution in [1.29, 1.82) is 0 Å². The van der Waals surface area contributed by atoms with E-state index in [2.05, 4.69) is 15.1 Å². The molecule has 0 atom stereocenters. The topological polar surface area (TPSA) is 116 Å². The van der Waals surface area contributed by atoms with Gasteiger partial charge in [-0.2, -0.15) is 9.78 Å². The molecular weight excluding hydrogens is 393 g/mol. The van der Waals surface area contributed by atoms with E-state index in [4.69, 9.17) is 10.5 Å². The molecule has 0 fully saturated rings. The lowest BCUT2D eigenvalue weighted by atomic mass is 10.2. The van der Waals surface area contributed by atoms with Gasteiger partial charge in [-0.1, -0.05) is 12.1 Å². The highest BCUT2D eigenvalue weighted by atomic mass is 19.4. The molecule has 1 aromatic carbocycles. The zero-order valence-corrected chi connectivity index (χ0v) is 15.1. The Morgan fingerprint density at radius 3 is 2.66 bits per heavy atom. The molecule has 3 heterocycles. The summed E-state index contributed by atoms with van der Waals surface area (Å²) in [5, 5.41) is 3.18. The molecule has 3 aromatic rings. The molecule has 152 valence electrons. The number of hydrogen-bond donors (Lipinski definition) is 1. The quantitative estimate of drug-likeness (QED) is 0.657. The van der Waals surface area contributed by atoms with Gasteiger partial charge in [-0.05, 0) is 12.1 Å². The van der Waals surface area contributed by atoms with E-state index in [9.17, 15) is 22.8 Å². The second-order valence-corrected chi connectivity index (χ2v) is 5.88. The number of carbonyl (C=O) groups is 2. The average molecular weight is 408 g/mol. The first-order valence-electron chi connectivity index (χ1n) is 8.24. The Labute approximate surface area is 161 Å². The maximum atomic E-state index is 12.4. The molecule has 4 rings (SSSR count). The number of primary amides is 1. The maximum Gasteiger partial charge on any atom is 0.506 e. The fourth-order valence-corrected chi connectivity index (χ4v) is 2.53. The smallest absolute Gasteiger partial charge is 0.491 e. The van der Waals surface area contributed by atoms with E-state index in [0.29, 0.717) is 13.0 Å². The second kappa shape index (κ2) is 7.73. The number of carbonyl (C=O) groups excluding carboxylic acids is 2. The molecule has 2 amide bonds. The summed E-state index contributed by atoms with van der Waals surface area (Å²) in [5.41, 5.74) is 5.21. The standard InChI is InChI=1S/C10H11NO2.C7H4F3N5O/c1-11-8-4-2-3-5-9(8)13-7-6-10(11)12;8-7(9,10)15-6-3(2-13-15)1-12-5(14-6)4(11)16/h2-5H,6-7H2,1H3;1-2H,(H2,11,16). The minimum Gasteiger partial charge on any atom is -0.491 e. The number of ether oxygens (including phenoxy) is 1. The molecular formula is C17H15F3N6O3. The van der Waals surface area contributed by atoms with Gasteiger partial charge in [0, 0.05) is 13.2 Å². The van der Waals surface area contributed by atoms with Gasteiger partial charge in [0.15, 0.2) is 5.65 Å². The number of anilines is 1. The summed E-state index contributed by atoms with van der Waals surface area (Å²) >= 11 is 0. The van der Waals surface area contributed by atoms with Crippen LogP contribution < -0.4 is 15.4 Å². The SMILES string of the molecule is CN1C(=O)CCOc2ccccc21.NC(=O)c1ncc2cnn(C(F)(F)F)c2n1. The van der Waals surface area contributed by atoms with Crippen LogP contribution in [-0.4, -0.2) is 45.2 Å². The molecule has 0 aliphatic carbocycles. The van der Waals surface area contributed by atoms with Gasteiger partial charge in [-0.3, -0.25) is 9.59 Å². The zero-order chi connectivity index (χ0) is 21.2. The number of aromatic nitrogens is 4. The van der Waals surface area contributed by atoms with Crippen molar-refractivity contribution >= 4 is 28.5 Å². The summed E-state index contributed by atoms with van der Waals surface area (Å²) in [6.07, 6.45) is -2.25. The van der Waals surface area contributed by atoms with Crippen molar-refractivity contribution in [2.45, 2.75) is 12.7 Å². The van der Waals surface area contributed by atoms with E-state index < -0.39 is 23.7 Å². The van der Waals surface area contributed by atoms with Crippen LogP contribution in [0.1, 0.15) is 17.0 Å². The van der Waals surface area contributed by atoms with Crippen LogP contribution in [0.5, 0.6) is 5.75 Å². The Bertz CT molecular complexity index is 1070. The number of amides is 2. The average Bonchev–Trinajstić information content (AvgIpc) is 3.06. The van der Waals surface area contributed by atoms with Gasteiger partial charge in [-0.25, -0.2) is 9.97 Å². The van der Waals surface area contributed by atoms with Crippen molar-refractivity contribution in [3.05, 3.63) is 42.5 Å². The molecule has 0 bridgehead atoms. The summed E-state index contributed by atoms with van der Waals surface area (Å²) in [5.74, 6) is -0.601. The van der Waals surface area contributed by atoms with E-state index in [0.717, 1.165) is 23.8 Å². The van der Waals surface area contributed by atoms with E-state index in [-0.39, 0.29) is 16.0 Å². The number of rotatable bonds is 1. The Morgan fingerprint density at radius 1 is 1.24 bits per heavy atom. The van der Waals surface area contributed by atoms with Gasteiger partial charge in [0.1, 0.15) is 5.75 Å². The first kappa shape index (κ1) is 20.0. The fraction of sp³-hybridized carbons (Fsp3) is 0.235. The molecule has 12 heteroatoms. The zero-order valence-electron chi connectivity index (χ0n) is 15.1. The molecule has 2 aromatic heterocycles. The van der Waals surface area contributed by atoms with Gasteiger partial charge < -0.3 is 15.4 Å². The minimum absolute atomic E-state index is 0.0716. The molecule has 0 saturated carbocycles. The van der Waals surface area contributed by atoms with E-state index >= 15 is 0 Å². The molecule has 1 aliphatic heterocycles. The van der Waals surface area contributed by atoms with Gasteiger partial charge >= 0.3 is 6.30 Å². The van der Waals surface area contributed by atoms with Crippen LogP contribution in [0.3, 0.4) is 0 Å². The molecule has 0 unspecified atom stereocenters. The molecule has 2 N–H and O–H groups in total. The van der Waals surface area contributed by atoms with Crippen molar-refractivity contribution < 1.29 is 27.5 Å². The van der Waals surface area contributed by atoms with Crippen LogP contribution >= 0.6 is 0 Å². The largest absolute Gasteiger partial charge is 0.506 e. The highest BCUT2D eigenvalue weighted by Gasteiger charge is 2.34. The third-order valence-electron chi connectivity index (χ3n) is 3.94. The summed E-state index contributed by atoms with van der Waals surface area (Å²) in [4.78, 5) is 30.7. The number of halogens is 3. The normalized spacial score (nSPS) is 13.8. The summed E-state index contributed by atoms with van der Waals surface area (Å²) in [6.45, 7) is 0.472. The molecule has 29 heavy (non-hydrogen) atoms. The Kier molecular flexibility index (Phi) is 5.35. The molecule has 9 nitrogen and oxygen atoms in total. The van der Waals surface area contributed by atoms with Crippen molar-refractivity contribution in [2.24, 2.45) is 5.73 Å². The third-order valence-corrected chi connectivity index (χ3v) is 3.94. The third kappa shape index (κ3) is 4.25. The lowest BCUT2D eigenvalue weighted by Gasteiger charge is -2.15. The van der Waals surface area contributed by atoms with E-state index in [1.54, 1.807) is 11.9 Å². The molecule has 0 saturated heterocycles. The Balaban J connectivity index is 0.000000169. The first-order chi connectivity index (χ1) is 13.7. The van der Waals surface area contributed by atoms with Crippen LogP contribution in [0.4, 0.5) is 18.9 Å². The monoisotopic (exact) mass is 408 g/mol. The Hall–Kier alpha value is -3.70. The van der Waals surface area contributed by atoms with Gasteiger partial charge in [0.25, 0.3) is 5.91 Å². The van der Waals surface area contributed by atoms with Gasteiger partial charge in [0.2, 0.25) is 11.7 Å². The molecule has 1 aliphatic rings. The first-order valence-corrected chi connectivity index (χ1v) is 8.24. The van der Waals surface area contributed by atoms with Crippen molar-refractivity contribution in [3.63, 3.8) is 0 Å². The Morgan fingerprint density at radius 2 is 1.97 bits per heavy atom. The number of nitrogens with two attached hydrogens (primary N) is 1. The maximum absolute atomic E-state index is 12.4. The summed E-state index contributed by atoms with van der Waals surface area (Å²) in [6, 6.07) is 7.57. The number of fused-ring (bicyclic) bond motifs is 2. The van der Waals surface area contributed by atoms with Crippen molar-refractivity contribution in [3.8, 4) is 5.75 Å². The van der Waals surface area contributed by atoms with Crippen LogP contribution in [0.15, 0.2) is 36.7 Å². The number of nitrogens with zero attached hydrogens (tertiary/aromatic N) is 5. The lowest BCUT2D eigenvalue weighted by molar-refractivity contribution is -0.209. The number of para-hydroxylation sites is 2. The highest BCUT2D eigenvalue weighted by Crippen LogP contribution is 2.29. The number of alkyl halides is 3. The van der Waals surface area contributed by atoms with Crippen LogP contribution in [0.25, 0.3) is 11.0 Å². The van der Waals surface area contributed by atoms with Crippen molar-refractivity contribution in [1.82, 2.24) is 19.7 Å². The summed E-state index contributed by atoms with van der Waals surface area (Å²) < 4.78 is 42.4. The summed E-state index contributed by atoms with van der Waals surface area (Å²) in [7, 11) is 1.77. The number of benzene rings is 1. The van der Waals surface area contributed by atoms with E-state index in [1.165, 1.54) is 0 Å². The fourth-order valence-electron chi connectivity index (χ4n) is 2.53. The minimum atomic E-state index is -4.70. The van der Waals surface area contributed by atoms with Gasteiger partial charge in [0.05, 0.1) is 30.3 Å². The van der Waals surface area contributed by atoms with Crippen LogP contribution in [0, 0.1) is 0 Å². The highest BCUT2D eigenvalue weighted by molar-refractivity contribution is 5.95. The van der Waals surface area contributed by atoms with Crippen LogP contribution in [-0.2, 0) is 11.1 Å². The van der Waals surface area contributed by atoms with Crippen molar-refractivity contribution in [2.75, 3.05) is 18.6 Å². The van der Waals surface area contributed by atoms with E-state index in [1.807, 2.05) is 24.3 Å². The predicted octanol–water partition coefficient (Wildman–Crippen LogP) is 1.83. The molecule has 0 radical (unpaired) electrons. The van der Waals surface area contributed by atoms with Crippen LogP contribution in [0.2, 0.25) is 0 Å². The van der Waals surface area contributed by atoms with Gasteiger partial charge in [-0.15, -0.1) is 13.2 Å². The predicted molar refractivity (Wildman–Crippen MR) is 95.1 cm³/mol. The molecule has 0 spiro atoms. The number of hydrogen-bond acceptors (Lipinski definition) is 6. The second-order valence-electron chi connectivity index (χ2n) is 5.88.